The highest BCUT2D eigenvalue weighted by atomic mass is 19.1. The minimum absolute atomic E-state index is 0.00810. The summed E-state index contributed by atoms with van der Waals surface area (Å²) in [5, 5.41) is 17.5. The highest BCUT2D eigenvalue weighted by Crippen LogP contribution is 2.21. The maximum atomic E-state index is 13.0. The fourth-order valence-corrected chi connectivity index (χ4v) is 0.968. The van der Waals surface area contributed by atoms with Crippen molar-refractivity contribution >= 4 is 12.0 Å². The van der Waals surface area contributed by atoms with Crippen molar-refractivity contribution in [3.63, 3.8) is 0 Å². The van der Waals surface area contributed by atoms with Gasteiger partial charge in [-0.25, -0.2) is 4.39 Å². The Labute approximate surface area is 80.1 Å². The maximum absolute atomic E-state index is 13.0. The van der Waals surface area contributed by atoms with Crippen LogP contribution in [0.15, 0.2) is 24.3 Å². The molecule has 0 aliphatic carbocycles. The summed E-state index contributed by atoms with van der Waals surface area (Å²) in [5.41, 5.74) is 0.00810. The van der Waals surface area contributed by atoms with Gasteiger partial charge in [0.1, 0.15) is 11.6 Å². The maximum Gasteiger partial charge on any atom is 0.307 e. The molecule has 0 amide bonds. The van der Waals surface area contributed by atoms with E-state index in [0.29, 0.717) is 0 Å². The largest absolute Gasteiger partial charge is 0.507 e. The van der Waals surface area contributed by atoms with Gasteiger partial charge in [0.05, 0.1) is 12.0 Å². The Balaban J connectivity index is 2.85. The van der Waals surface area contributed by atoms with Crippen molar-refractivity contribution in [3.05, 3.63) is 35.7 Å². The summed E-state index contributed by atoms with van der Waals surface area (Å²) in [5.74, 6) is -1.78. The van der Waals surface area contributed by atoms with E-state index in [0.717, 1.165) is 0 Å². The Bertz CT molecular complexity index is 351. The van der Waals surface area contributed by atoms with Gasteiger partial charge in [-0.3, -0.25) is 4.79 Å². The average Bonchev–Trinajstić information content (AvgIpc) is 2.09. The smallest absolute Gasteiger partial charge is 0.307 e. The van der Waals surface area contributed by atoms with Crippen molar-refractivity contribution in [2.24, 2.45) is 0 Å². The third-order valence-electron chi connectivity index (χ3n) is 1.61. The molecular formula is C10H9FO3. The molecule has 1 rings (SSSR count). The van der Waals surface area contributed by atoms with Crippen LogP contribution < -0.4 is 0 Å². The fourth-order valence-electron chi connectivity index (χ4n) is 0.968. The minimum atomic E-state index is -1.00. The molecule has 2 N–H and O–H groups in total. The van der Waals surface area contributed by atoms with Crippen molar-refractivity contribution in [3.8, 4) is 5.75 Å². The lowest BCUT2D eigenvalue weighted by atomic mass is 10.1. The molecule has 14 heavy (non-hydrogen) atoms. The molecule has 0 radical (unpaired) electrons. The monoisotopic (exact) mass is 196 g/mol. The van der Waals surface area contributed by atoms with Crippen LogP contribution in [0.5, 0.6) is 5.75 Å². The van der Waals surface area contributed by atoms with Crippen LogP contribution in [0.2, 0.25) is 0 Å². The van der Waals surface area contributed by atoms with Gasteiger partial charge in [0.2, 0.25) is 0 Å². The fraction of sp³-hybridized carbons (Fsp3) is 0.100. The number of phenols is 1. The van der Waals surface area contributed by atoms with Gasteiger partial charge in [-0.1, -0.05) is 18.2 Å². The van der Waals surface area contributed by atoms with Gasteiger partial charge >= 0.3 is 5.97 Å². The van der Waals surface area contributed by atoms with Gasteiger partial charge in [-0.05, 0) is 12.1 Å². The van der Waals surface area contributed by atoms with Crippen molar-refractivity contribution in [2.45, 2.75) is 6.42 Å². The van der Waals surface area contributed by atoms with Crippen LogP contribution in [0, 0.1) is 5.82 Å². The van der Waals surface area contributed by atoms with Gasteiger partial charge in [0.25, 0.3) is 0 Å². The summed E-state index contributed by atoms with van der Waals surface area (Å²) in [7, 11) is 0. The standard InChI is InChI=1S/C10H9FO3/c11-8-4-2-5-9(12)7(8)3-1-6-10(13)14/h1-5,12H,6H2,(H,13,14). The highest BCUT2D eigenvalue weighted by molar-refractivity contribution is 5.71. The molecule has 0 heterocycles. The van der Waals surface area contributed by atoms with E-state index < -0.39 is 11.8 Å². The molecule has 0 spiro atoms. The predicted octanol–water partition coefficient (Wildman–Crippen LogP) is 2.02. The number of phenolic OH excluding ortho intramolecular Hbond substituents is 1. The molecule has 1 aromatic carbocycles. The molecule has 4 heteroatoms. The lowest BCUT2D eigenvalue weighted by molar-refractivity contribution is -0.135. The van der Waals surface area contributed by atoms with Crippen LogP contribution in [0.25, 0.3) is 6.08 Å². The Hall–Kier alpha value is -1.84. The van der Waals surface area contributed by atoms with Crippen molar-refractivity contribution in [1.82, 2.24) is 0 Å². The first-order chi connectivity index (χ1) is 6.61. The SMILES string of the molecule is O=C(O)CC=Cc1c(O)cccc1F. The zero-order valence-corrected chi connectivity index (χ0v) is 7.27. The number of halogens is 1. The van der Waals surface area contributed by atoms with Crippen LogP contribution in [0.1, 0.15) is 12.0 Å². The summed E-state index contributed by atoms with van der Waals surface area (Å²) in [6.07, 6.45) is 2.33. The number of aromatic hydroxyl groups is 1. The molecule has 0 fully saturated rings. The second-order valence-corrected chi connectivity index (χ2v) is 2.67. The number of carboxylic acids is 1. The van der Waals surface area contributed by atoms with Crippen molar-refractivity contribution in [1.29, 1.82) is 0 Å². The minimum Gasteiger partial charge on any atom is -0.507 e. The van der Waals surface area contributed by atoms with Crippen LogP contribution in [0.4, 0.5) is 4.39 Å². The van der Waals surface area contributed by atoms with E-state index in [1.54, 1.807) is 0 Å². The Morgan fingerprint density at radius 3 is 2.79 bits per heavy atom. The molecule has 0 aliphatic rings. The molecular weight excluding hydrogens is 187 g/mol. The van der Waals surface area contributed by atoms with Gasteiger partial charge in [0, 0.05) is 0 Å². The van der Waals surface area contributed by atoms with Crippen molar-refractivity contribution < 1.29 is 19.4 Å². The van der Waals surface area contributed by atoms with Crippen LogP contribution in [0.3, 0.4) is 0 Å². The number of aliphatic carboxylic acids is 1. The lowest BCUT2D eigenvalue weighted by Gasteiger charge is -1.99. The van der Waals surface area contributed by atoms with Crippen LogP contribution in [-0.4, -0.2) is 16.2 Å². The molecule has 0 aromatic heterocycles. The zero-order chi connectivity index (χ0) is 10.6. The van der Waals surface area contributed by atoms with Crippen LogP contribution >= 0.6 is 0 Å². The van der Waals surface area contributed by atoms with E-state index in [2.05, 4.69) is 0 Å². The van der Waals surface area contributed by atoms with E-state index in [4.69, 9.17) is 5.11 Å². The molecule has 0 atom stereocenters. The highest BCUT2D eigenvalue weighted by Gasteiger charge is 2.03. The van der Waals surface area contributed by atoms with Crippen molar-refractivity contribution in [2.75, 3.05) is 0 Å². The van der Waals surface area contributed by atoms with Crippen LogP contribution in [-0.2, 0) is 4.79 Å². The molecule has 0 bridgehead atoms. The van der Waals surface area contributed by atoms with Gasteiger partial charge in [-0.2, -0.15) is 0 Å². The normalized spacial score (nSPS) is 10.6. The number of hydrogen-bond donors (Lipinski definition) is 2. The summed E-state index contributed by atoms with van der Waals surface area (Å²) >= 11 is 0. The first kappa shape index (κ1) is 10.2. The molecule has 74 valence electrons. The second kappa shape index (κ2) is 4.41. The molecule has 0 unspecified atom stereocenters. The third-order valence-corrected chi connectivity index (χ3v) is 1.61. The summed E-state index contributed by atoms with van der Waals surface area (Å²) in [6, 6.07) is 3.91. The third kappa shape index (κ3) is 2.58. The Morgan fingerprint density at radius 2 is 2.21 bits per heavy atom. The molecule has 0 saturated carbocycles. The second-order valence-electron chi connectivity index (χ2n) is 2.67. The molecule has 0 saturated heterocycles. The quantitative estimate of drug-likeness (QED) is 0.777. The van der Waals surface area contributed by atoms with E-state index in [-0.39, 0.29) is 17.7 Å². The Morgan fingerprint density at radius 1 is 1.50 bits per heavy atom. The number of carbonyl (C=O) groups is 1. The predicted molar refractivity (Wildman–Crippen MR) is 49.4 cm³/mol. The number of rotatable bonds is 3. The first-order valence-electron chi connectivity index (χ1n) is 3.97. The number of carboxylic acid groups (broad SMARTS) is 1. The van der Waals surface area contributed by atoms with E-state index in [1.807, 2.05) is 0 Å². The van der Waals surface area contributed by atoms with E-state index >= 15 is 0 Å². The van der Waals surface area contributed by atoms with E-state index in [1.165, 1.54) is 30.4 Å². The van der Waals surface area contributed by atoms with Gasteiger partial charge < -0.3 is 10.2 Å². The molecule has 0 aliphatic heterocycles. The van der Waals surface area contributed by atoms with E-state index in [9.17, 15) is 14.3 Å². The molecule has 1 aromatic rings. The first-order valence-corrected chi connectivity index (χ1v) is 3.97. The summed E-state index contributed by atoms with van der Waals surface area (Å²) < 4.78 is 13.0. The lowest BCUT2D eigenvalue weighted by Crippen LogP contribution is -1.90. The van der Waals surface area contributed by atoms with Gasteiger partial charge in [-0.15, -0.1) is 0 Å². The number of hydrogen-bond acceptors (Lipinski definition) is 2. The topological polar surface area (TPSA) is 57.5 Å². The Kier molecular flexibility index (Phi) is 3.23. The zero-order valence-electron chi connectivity index (χ0n) is 7.27. The van der Waals surface area contributed by atoms with Gasteiger partial charge in [0.15, 0.2) is 0 Å². The average molecular weight is 196 g/mol. The summed E-state index contributed by atoms with van der Waals surface area (Å²) in [4.78, 5) is 10.2. The number of benzene rings is 1. The summed E-state index contributed by atoms with van der Waals surface area (Å²) in [6.45, 7) is 0. The molecule has 3 nitrogen and oxygen atoms in total.